The molecule has 63 heavy (non-hydrogen) atoms. The molecule has 0 radical (unpaired) electrons. The first-order valence-electron chi connectivity index (χ1n) is 19.8. The second-order valence-electron chi connectivity index (χ2n) is 15.8. The number of benzene rings is 2. The number of aliphatic hydroxyl groups is 13. The Bertz CT molecular complexity index is 2080. The highest BCUT2D eigenvalue weighted by Crippen LogP contribution is 2.41. The average Bonchev–Trinajstić information content (AvgIpc) is 3.26. The van der Waals surface area contributed by atoms with Gasteiger partial charge in [0.15, 0.2) is 24.4 Å². The highest BCUT2D eigenvalue weighted by molar-refractivity contribution is 5.88. The van der Waals surface area contributed by atoms with Crippen molar-refractivity contribution in [3.63, 3.8) is 0 Å². The first-order chi connectivity index (χ1) is 29.9. The third kappa shape index (κ3) is 9.00. The Labute approximate surface area is 355 Å². The van der Waals surface area contributed by atoms with E-state index in [-0.39, 0.29) is 22.5 Å². The van der Waals surface area contributed by atoms with Crippen molar-refractivity contribution >= 4 is 11.0 Å². The van der Waals surface area contributed by atoms with Crippen LogP contribution >= 0.6 is 0 Å². The number of aromatic hydroxyl groups is 2. The predicted octanol–water partition coefficient (Wildman–Crippen LogP) is -5.76. The summed E-state index contributed by atoms with van der Waals surface area (Å²) >= 11 is 0. The van der Waals surface area contributed by atoms with Crippen molar-refractivity contribution in [2.24, 2.45) is 0 Å². The number of fused-ring (bicyclic) bond motifs is 1. The Morgan fingerprint density at radius 3 is 1.83 bits per heavy atom. The van der Waals surface area contributed by atoms with Gasteiger partial charge in [0.25, 0.3) is 0 Å². The first-order valence-corrected chi connectivity index (χ1v) is 19.8. The van der Waals surface area contributed by atoms with E-state index in [9.17, 15) is 81.4 Å². The van der Waals surface area contributed by atoms with Crippen LogP contribution in [0.2, 0.25) is 0 Å². The fourth-order valence-electron chi connectivity index (χ4n) is 7.83. The van der Waals surface area contributed by atoms with Crippen LogP contribution in [0.25, 0.3) is 22.3 Å². The summed E-state index contributed by atoms with van der Waals surface area (Å²) in [5, 5.41) is 157. The van der Waals surface area contributed by atoms with Crippen LogP contribution in [-0.4, -0.2) is 213 Å². The van der Waals surface area contributed by atoms with E-state index in [0.717, 1.165) is 12.1 Å². The van der Waals surface area contributed by atoms with E-state index in [1.54, 1.807) is 0 Å². The van der Waals surface area contributed by atoms with Gasteiger partial charge in [0.05, 0.1) is 25.9 Å². The fraction of sp³-hybridized carbons (Fsp3) is 0.615. The Morgan fingerprint density at radius 2 is 1.17 bits per heavy atom. The van der Waals surface area contributed by atoms with Gasteiger partial charge in [-0.2, -0.15) is 0 Å². The number of hydrogen-bond acceptors (Lipinski definition) is 24. The molecule has 4 aliphatic heterocycles. The Hall–Kier alpha value is -3.71. The molecule has 4 saturated heterocycles. The van der Waals surface area contributed by atoms with E-state index >= 15 is 0 Å². The lowest BCUT2D eigenvalue weighted by atomic mass is 9.90. The van der Waals surface area contributed by atoms with Gasteiger partial charge in [-0.3, -0.25) is 4.79 Å². The van der Waals surface area contributed by atoms with Crippen LogP contribution in [0.4, 0.5) is 0 Å². The topological polar surface area (TPSA) is 398 Å². The van der Waals surface area contributed by atoms with Gasteiger partial charge in [-0.05, 0) is 48.9 Å². The molecule has 0 aliphatic carbocycles. The molecule has 0 amide bonds. The standard InChI is InChI=1S/C39H50O24/c1-11-21(44)26(49)31(54)37(57-11)56-10-19-24(47)29(52)36(63-38-32(55)28(51)23(46)18(9-41)60-38)39(61-19)62-35-25(48)20-15(43)6-13(33-30(53)27(50)22(45)17(8-40)59-33)7-16(20)58-34(35)12-2-4-14(42)5-3-12/h2-7,11,17-19,21-24,26-33,36-47,49-55H,8-10H2,1H3/t11-,17+,18+,19+,21-,22+,23+,24+,26+,27-,28-,29-,30+,31+,32+,33-,36+,37+,38-,39-/m0/s1. The van der Waals surface area contributed by atoms with Crippen LogP contribution in [0, 0.1) is 0 Å². The fourth-order valence-corrected chi connectivity index (χ4v) is 7.83. The van der Waals surface area contributed by atoms with Gasteiger partial charge in [-0.1, -0.05) is 0 Å². The largest absolute Gasteiger partial charge is 0.508 e. The van der Waals surface area contributed by atoms with Crippen molar-refractivity contribution < 1.29 is 114 Å². The Kier molecular flexibility index (Phi) is 14.3. The van der Waals surface area contributed by atoms with Gasteiger partial charge in [-0.25, -0.2) is 0 Å². The summed E-state index contributed by atoms with van der Waals surface area (Å²) in [5.74, 6) is -2.25. The summed E-state index contributed by atoms with van der Waals surface area (Å²) in [7, 11) is 0. The minimum atomic E-state index is -2.13. The molecule has 20 atom stereocenters. The maximum absolute atomic E-state index is 14.6. The number of rotatable bonds is 11. The molecule has 0 unspecified atom stereocenters. The van der Waals surface area contributed by atoms with Crippen molar-refractivity contribution in [2.45, 2.75) is 130 Å². The first kappa shape index (κ1) is 47.3. The van der Waals surface area contributed by atoms with Crippen LogP contribution in [0.3, 0.4) is 0 Å². The molecule has 0 bridgehead atoms. The van der Waals surface area contributed by atoms with Crippen LogP contribution in [0.5, 0.6) is 17.2 Å². The molecule has 0 spiro atoms. The molecule has 7 rings (SSSR count). The molecule has 4 fully saturated rings. The highest BCUT2D eigenvalue weighted by Gasteiger charge is 2.53. The number of ether oxygens (including phenoxy) is 7. The second kappa shape index (κ2) is 19.0. The molecule has 350 valence electrons. The van der Waals surface area contributed by atoms with Crippen molar-refractivity contribution in [1.82, 2.24) is 0 Å². The third-order valence-corrected chi connectivity index (χ3v) is 11.6. The molecule has 2 aromatic carbocycles. The molecule has 3 aromatic rings. The summed E-state index contributed by atoms with van der Waals surface area (Å²) in [6.07, 6.45) is -35.1. The van der Waals surface area contributed by atoms with E-state index < -0.39 is 171 Å². The molecular formula is C39H50O24. The van der Waals surface area contributed by atoms with E-state index in [4.69, 9.17) is 37.6 Å². The van der Waals surface area contributed by atoms with Crippen LogP contribution in [0.1, 0.15) is 18.6 Å². The van der Waals surface area contributed by atoms with Crippen LogP contribution < -0.4 is 10.2 Å². The molecule has 1 aromatic heterocycles. The maximum Gasteiger partial charge on any atom is 0.239 e. The summed E-state index contributed by atoms with van der Waals surface area (Å²) < 4.78 is 46.2. The van der Waals surface area contributed by atoms with Crippen LogP contribution in [-0.2, 0) is 28.4 Å². The number of aliphatic hydroxyl groups excluding tert-OH is 13. The van der Waals surface area contributed by atoms with E-state index in [1.165, 1.54) is 31.2 Å². The van der Waals surface area contributed by atoms with Gasteiger partial charge >= 0.3 is 0 Å². The van der Waals surface area contributed by atoms with Crippen molar-refractivity contribution in [1.29, 1.82) is 0 Å². The lowest BCUT2D eigenvalue weighted by Crippen LogP contribution is -2.65. The zero-order chi connectivity index (χ0) is 45.8. The van der Waals surface area contributed by atoms with Crippen molar-refractivity contribution in [2.75, 3.05) is 19.8 Å². The van der Waals surface area contributed by atoms with Crippen molar-refractivity contribution in [3.05, 3.63) is 52.2 Å². The smallest absolute Gasteiger partial charge is 0.239 e. The van der Waals surface area contributed by atoms with E-state index in [2.05, 4.69) is 0 Å². The van der Waals surface area contributed by atoms with Gasteiger partial charge in [0.2, 0.25) is 17.5 Å². The molecule has 15 N–H and O–H groups in total. The van der Waals surface area contributed by atoms with Crippen molar-refractivity contribution in [3.8, 4) is 28.6 Å². The van der Waals surface area contributed by atoms with Crippen LogP contribution in [0.15, 0.2) is 45.6 Å². The Balaban J connectivity index is 1.29. The lowest BCUT2D eigenvalue weighted by Gasteiger charge is -2.46. The minimum Gasteiger partial charge on any atom is -0.508 e. The molecule has 24 nitrogen and oxygen atoms in total. The molecule has 0 saturated carbocycles. The lowest BCUT2D eigenvalue weighted by molar-refractivity contribution is -0.362. The zero-order valence-corrected chi connectivity index (χ0v) is 33.0. The number of phenolic OH excluding ortho intramolecular Hbond substituents is 2. The molecule has 4 aliphatic rings. The number of hydrogen-bond donors (Lipinski definition) is 15. The van der Waals surface area contributed by atoms with Gasteiger partial charge in [0, 0.05) is 5.56 Å². The minimum absolute atomic E-state index is 0.0283. The normalized spacial score (nSPS) is 41.1. The average molecular weight is 903 g/mol. The van der Waals surface area contributed by atoms with E-state index in [1.807, 2.05) is 0 Å². The SMILES string of the molecule is C[C@@H]1O[C@@H](OC[C@H]2O[C@@H](Oc3c(-c4ccc(O)cc4)oc4cc([C@@H]5O[C@H](CO)[C@@H](O)[C@H](O)[C@H]5O)cc(O)c4c3=O)[C@H](O[C@@H]3O[C@H](CO)[C@@H](O)[C@H](O)[C@H]3O)[C@@H](O)[C@@H]2O)[C@H](O)[C@H](O)[C@H]1O. The second-order valence-corrected chi connectivity index (χ2v) is 15.8. The highest BCUT2D eigenvalue weighted by atomic mass is 16.8. The van der Waals surface area contributed by atoms with E-state index in [0.29, 0.717) is 0 Å². The summed E-state index contributed by atoms with van der Waals surface area (Å²) in [4.78, 5) is 14.6. The maximum atomic E-state index is 14.6. The molecule has 24 heteroatoms. The molecular weight excluding hydrogens is 852 g/mol. The summed E-state index contributed by atoms with van der Waals surface area (Å²) in [6.45, 7) is -1.02. The molecule has 5 heterocycles. The quantitative estimate of drug-likeness (QED) is 0.0852. The van der Waals surface area contributed by atoms with Gasteiger partial charge in [-0.15, -0.1) is 0 Å². The monoisotopic (exact) mass is 902 g/mol. The Morgan fingerprint density at radius 1 is 0.603 bits per heavy atom. The van der Waals surface area contributed by atoms with Gasteiger partial charge in [0.1, 0.15) is 114 Å². The zero-order valence-electron chi connectivity index (χ0n) is 33.0. The van der Waals surface area contributed by atoms with Gasteiger partial charge < -0.3 is 114 Å². The number of phenols is 2. The summed E-state index contributed by atoms with van der Waals surface area (Å²) in [5.41, 5.74) is -1.57. The predicted molar refractivity (Wildman–Crippen MR) is 202 cm³/mol. The third-order valence-electron chi connectivity index (χ3n) is 11.6. The summed E-state index contributed by atoms with van der Waals surface area (Å²) in [6, 6.07) is 7.12.